The van der Waals surface area contributed by atoms with E-state index in [2.05, 4.69) is 30.7 Å². The minimum absolute atomic E-state index is 0.229. The summed E-state index contributed by atoms with van der Waals surface area (Å²) in [5.41, 5.74) is 0.648. The maximum atomic E-state index is 13.6. The van der Waals surface area contributed by atoms with E-state index in [0.29, 0.717) is 15.6 Å². The summed E-state index contributed by atoms with van der Waals surface area (Å²) < 4.78 is 45.0. The molecule has 0 bridgehead atoms. The van der Waals surface area contributed by atoms with Gasteiger partial charge in [0.15, 0.2) is 0 Å². The minimum Gasteiger partial charge on any atom is -0.247 e. The Hall–Kier alpha value is -1.43. The highest BCUT2D eigenvalue weighted by atomic mass is 79.9. The molecule has 0 saturated heterocycles. The van der Waals surface area contributed by atoms with Crippen LogP contribution in [0.3, 0.4) is 0 Å². The lowest BCUT2D eigenvalue weighted by Crippen LogP contribution is -2.16. The number of nitrogens with zero attached hydrogens (tertiary/aromatic N) is 4. The van der Waals surface area contributed by atoms with E-state index in [-0.39, 0.29) is 10.7 Å². The summed E-state index contributed by atoms with van der Waals surface area (Å²) >= 11 is 4.43. The predicted molar refractivity (Wildman–Crippen MR) is 89.0 cm³/mol. The molecule has 23 heavy (non-hydrogen) atoms. The second-order valence-corrected chi connectivity index (χ2v) is 7.99. The van der Waals surface area contributed by atoms with Crippen molar-refractivity contribution in [1.29, 1.82) is 0 Å². The quantitative estimate of drug-likeness (QED) is 0.653. The summed E-state index contributed by atoms with van der Waals surface area (Å²) in [5.74, 6) is -0.525. The molecule has 122 valence electrons. The molecule has 0 saturated carbocycles. The second-order valence-electron chi connectivity index (χ2n) is 4.56. The summed E-state index contributed by atoms with van der Waals surface area (Å²) in [5, 5.41) is 4.15. The zero-order chi connectivity index (χ0) is 16.8. The maximum Gasteiger partial charge on any atom is 0.305 e. The third-order valence-electron chi connectivity index (χ3n) is 3.14. The third-order valence-corrected chi connectivity index (χ3v) is 6.29. The molecule has 0 aliphatic carbocycles. The maximum absolute atomic E-state index is 13.6. The van der Waals surface area contributed by atoms with Crippen LogP contribution in [0.2, 0.25) is 0 Å². The van der Waals surface area contributed by atoms with E-state index in [1.165, 1.54) is 28.6 Å². The monoisotopic (exact) mass is 419 g/mol. The Morgan fingerprint density at radius 3 is 2.83 bits per heavy atom. The molecule has 0 fully saturated rings. The van der Waals surface area contributed by atoms with Gasteiger partial charge >= 0.3 is 10.0 Å². The summed E-state index contributed by atoms with van der Waals surface area (Å²) in [7, 11) is -2.38. The molecular weight excluding hydrogens is 409 g/mol. The summed E-state index contributed by atoms with van der Waals surface area (Å²) in [4.78, 5) is 3.84. The molecule has 1 N–H and O–H groups in total. The Kier molecular flexibility index (Phi) is 4.21. The van der Waals surface area contributed by atoms with Crippen LogP contribution < -0.4 is 4.72 Å². The van der Waals surface area contributed by atoms with Crippen molar-refractivity contribution in [2.45, 2.75) is 12.1 Å². The number of hydrogen-bond donors (Lipinski definition) is 1. The van der Waals surface area contributed by atoms with E-state index in [1.807, 2.05) is 0 Å². The van der Waals surface area contributed by atoms with Crippen LogP contribution in [0, 0.1) is 12.7 Å². The van der Waals surface area contributed by atoms with Crippen LogP contribution in [-0.4, -0.2) is 33.6 Å². The SMILES string of the molecule is CNSn1cnc(S(=O)(=O)n2c(C)c(Br)c3ccc(F)cc32)n1. The highest BCUT2D eigenvalue weighted by Crippen LogP contribution is 2.33. The van der Waals surface area contributed by atoms with Crippen molar-refractivity contribution in [2.75, 3.05) is 7.05 Å². The molecular formula is C12H11BrFN5O2S2. The van der Waals surface area contributed by atoms with Gasteiger partial charge in [0.05, 0.1) is 17.7 Å². The third kappa shape index (κ3) is 2.67. The van der Waals surface area contributed by atoms with Gasteiger partial charge in [0, 0.05) is 15.6 Å². The van der Waals surface area contributed by atoms with Gasteiger partial charge in [-0.25, -0.2) is 18.1 Å². The molecule has 1 aromatic carbocycles. The summed E-state index contributed by atoms with van der Waals surface area (Å²) in [6, 6.07) is 3.97. The molecule has 2 heterocycles. The fourth-order valence-corrected chi connectivity index (χ4v) is 4.68. The van der Waals surface area contributed by atoms with Crippen molar-refractivity contribution in [3.63, 3.8) is 0 Å². The Balaban J connectivity index is 2.25. The molecule has 7 nitrogen and oxygen atoms in total. The molecule has 0 spiro atoms. The van der Waals surface area contributed by atoms with E-state index in [0.717, 1.165) is 16.1 Å². The van der Waals surface area contributed by atoms with Gasteiger partial charge in [0.25, 0.3) is 5.16 Å². The first-order chi connectivity index (χ1) is 10.9. The van der Waals surface area contributed by atoms with Gasteiger partial charge in [0.2, 0.25) is 0 Å². The Morgan fingerprint density at radius 2 is 2.13 bits per heavy atom. The van der Waals surface area contributed by atoms with Crippen LogP contribution in [0.5, 0.6) is 0 Å². The van der Waals surface area contributed by atoms with Crippen LogP contribution in [0.15, 0.2) is 34.2 Å². The number of aromatic nitrogens is 4. The van der Waals surface area contributed by atoms with Gasteiger partial charge in [-0.15, -0.1) is 5.10 Å². The molecule has 0 amide bonds. The van der Waals surface area contributed by atoms with Gasteiger partial charge in [-0.05, 0) is 48.1 Å². The number of halogens is 2. The first-order valence-electron chi connectivity index (χ1n) is 6.33. The lowest BCUT2D eigenvalue weighted by molar-refractivity contribution is 0.578. The Labute approximate surface area is 144 Å². The number of hydrogen-bond acceptors (Lipinski definition) is 6. The van der Waals surface area contributed by atoms with E-state index < -0.39 is 15.8 Å². The van der Waals surface area contributed by atoms with Gasteiger partial charge in [-0.2, -0.15) is 12.5 Å². The van der Waals surface area contributed by atoms with E-state index in [4.69, 9.17) is 0 Å². The van der Waals surface area contributed by atoms with Crippen molar-refractivity contribution in [2.24, 2.45) is 0 Å². The van der Waals surface area contributed by atoms with E-state index in [1.54, 1.807) is 14.0 Å². The number of fused-ring (bicyclic) bond motifs is 1. The smallest absolute Gasteiger partial charge is 0.247 e. The van der Waals surface area contributed by atoms with Crippen molar-refractivity contribution in [1.82, 2.24) is 22.9 Å². The summed E-state index contributed by atoms with van der Waals surface area (Å²) in [6.07, 6.45) is 1.28. The van der Waals surface area contributed by atoms with Gasteiger partial charge in [-0.3, -0.25) is 0 Å². The molecule has 0 aliphatic heterocycles. The topological polar surface area (TPSA) is 81.8 Å². The highest BCUT2D eigenvalue weighted by Gasteiger charge is 2.28. The van der Waals surface area contributed by atoms with Gasteiger partial charge < -0.3 is 0 Å². The first kappa shape index (κ1) is 16.4. The number of rotatable bonds is 4. The van der Waals surface area contributed by atoms with Gasteiger partial charge in [-0.1, -0.05) is 0 Å². The lowest BCUT2D eigenvalue weighted by Gasteiger charge is -2.06. The summed E-state index contributed by atoms with van der Waals surface area (Å²) in [6.45, 7) is 1.62. The van der Waals surface area contributed by atoms with Crippen LogP contribution in [0.4, 0.5) is 4.39 Å². The van der Waals surface area contributed by atoms with Crippen molar-refractivity contribution >= 4 is 49.0 Å². The molecule has 0 aliphatic rings. The van der Waals surface area contributed by atoms with Crippen LogP contribution in [-0.2, 0) is 10.0 Å². The second kappa shape index (κ2) is 5.89. The Morgan fingerprint density at radius 1 is 1.39 bits per heavy atom. The molecule has 0 unspecified atom stereocenters. The Bertz CT molecular complexity index is 998. The van der Waals surface area contributed by atoms with Gasteiger partial charge in [0.1, 0.15) is 12.1 Å². The molecule has 3 aromatic rings. The lowest BCUT2D eigenvalue weighted by atomic mass is 10.2. The fourth-order valence-electron chi connectivity index (χ4n) is 2.20. The molecule has 11 heteroatoms. The number of nitrogens with one attached hydrogen (secondary N) is 1. The van der Waals surface area contributed by atoms with Crippen molar-refractivity contribution in [3.8, 4) is 0 Å². The minimum atomic E-state index is -4.05. The molecule has 0 radical (unpaired) electrons. The largest absolute Gasteiger partial charge is 0.305 e. The average Bonchev–Trinajstić information content (AvgIpc) is 3.05. The van der Waals surface area contributed by atoms with E-state index in [9.17, 15) is 12.8 Å². The van der Waals surface area contributed by atoms with Crippen molar-refractivity contribution in [3.05, 3.63) is 40.5 Å². The zero-order valence-corrected chi connectivity index (χ0v) is 15.2. The van der Waals surface area contributed by atoms with Crippen LogP contribution in [0.25, 0.3) is 10.9 Å². The average molecular weight is 420 g/mol. The number of benzene rings is 1. The molecule has 3 rings (SSSR count). The van der Waals surface area contributed by atoms with Crippen LogP contribution >= 0.6 is 28.1 Å². The van der Waals surface area contributed by atoms with E-state index >= 15 is 0 Å². The first-order valence-corrected chi connectivity index (χ1v) is 9.34. The van der Waals surface area contributed by atoms with Crippen molar-refractivity contribution < 1.29 is 12.8 Å². The predicted octanol–water partition coefficient (Wildman–Crippen LogP) is 2.31. The zero-order valence-electron chi connectivity index (χ0n) is 12.0. The standard InChI is InChI=1S/C12H11BrFN5O2S2/c1-7-11(13)9-4-3-8(14)5-10(9)19(7)23(20,21)12-16-6-18(17-12)22-15-2/h3-6,15H,1-2H3. The fraction of sp³-hybridized carbons (Fsp3) is 0.167. The highest BCUT2D eigenvalue weighted by molar-refractivity contribution is 9.10. The molecule has 2 aromatic heterocycles. The molecule has 0 atom stereocenters. The van der Waals surface area contributed by atoms with Crippen LogP contribution in [0.1, 0.15) is 5.69 Å². The normalized spacial score (nSPS) is 12.2.